The molecule has 3 N–H and O–H groups in total. The van der Waals surface area contributed by atoms with Crippen LogP contribution < -0.4 is 16.0 Å². The van der Waals surface area contributed by atoms with E-state index in [2.05, 4.69) is 20.9 Å². The summed E-state index contributed by atoms with van der Waals surface area (Å²) in [4.78, 5) is 14.4. The highest BCUT2D eigenvalue weighted by Crippen LogP contribution is 2.27. The number of nitrogens with one attached hydrogen (secondary N) is 1. The van der Waals surface area contributed by atoms with E-state index >= 15 is 0 Å². The first kappa shape index (κ1) is 11.2. The first-order valence-corrected chi connectivity index (χ1v) is 5.54. The molecular formula is C11H11BrN2O2. The van der Waals surface area contributed by atoms with Crippen LogP contribution in [0.25, 0.3) is 10.9 Å². The topological polar surface area (TPSA) is 68.1 Å². The van der Waals surface area contributed by atoms with E-state index in [0.29, 0.717) is 16.8 Å². The van der Waals surface area contributed by atoms with Crippen LogP contribution in [0.15, 0.2) is 27.5 Å². The predicted octanol–water partition coefficient (Wildman–Crippen LogP) is 1.76. The number of aromatic amines is 1. The summed E-state index contributed by atoms with van der Waals surface area (Å²) >= 11 is 3.39. The van der Waals surface area contributed by atoms with Crippen LogP contribution in [-0.4, -0.2) is 12.1 Å². The van der Waals surface area contributed by atoms with Gasteiger partial charge in [-0.05, 0) is 18.2 Å². The molecule has 0 saturated carbocycles. The van der Waals surface area contributed by atoms with Gasteiger partial charge in [0.25, 0.3) is 5.56 Å². The third-order valence-corrected chi connectivity index (χ3v) is 2.86. The molecule has 0 aliphatic heterocycles. The minimum Gasteiger partial charge on any atom is -0.495 e. The van der Waals surface area contributed by atoms with Crippen molar-refractivity contribution in [2.75, 3.05) is 7.11 Å². The monoisotopic (exact) mass is 282 g/mol. The number of H-pyrrole nitrogens is 1. The molecule has 0 unspecified atom stereocenters. The van der Waals surface area contributed by atoms with Gasteiger partial charge in [-0.1, -0.05) is 15.9 Å². The van der Waals surface area contributed by atoms with Crippen molar-refractivity contribution in [3.8, 4) is 5.75 Å². The summed E-state index contributed by atoms with van der Waals surface area (Å²) in [7, 11) is 1.57. The van der Waals surface area contributed by atoms with E-state index in [1.807, 2.05) is 6.07 Å². The maximum atomic E-state index is 11.6. The van der Waals surface area contributed by atoms with E-state index in [4.69, 9.17) is 10.5 Å². The standard InChI is InChI=1S/C11H11BrN2O2/c1-16-9-4-8(12)3-6-2-7(5-13)11(15)14-10(6)9/h2-4H,5,13H2,1H3,(H,14,15). The first-order valence-electron chi connectivity index (χ1n) is 4.75. The number of fused-ring (bicyclic) bond motifs is 1. The number of rotatable bonds is 2. The molecule has 0 aliphatic carbocycles. The molecule has 0 amide bonds. The van der Waals surface area contributed by atoms with Crippen molar-refractivity contribution in [3.63, 3.8) is 0 Å². The van der Waals surface area contributed by atoms with Crippen LogP contribution in [0.1, 0.15) is 5.56 Å². The van der Waals surface area contributed by atoms with Crippen molar-refractivity contribution in [1.82, 2.24) is 4.98 Å². The SMILES string of the molecule is COc1cc(Br)cc2cc(CN)c(=O)[nH]c12. The number of hydrogen-bond acceptors (Lipinski definition) is 3. The Labute approximate surface area is 101 Å². The molecule has 1 aromatic carbocycles. The van der Waals surface area contributed by atoms with Gasteiger partial charge in [-0.2, -0.15) is 0 Å². The van der Waals surface area contributed by atoms with Crippen LogP contribution in [-0.2, 0) is 6.54 Å². The molecule has 84 valence electrons. The number of halogens is 1. The molecule has 0 atom stereocenters. The minimum atomic E-state index is -0.171. The van der Waals surface area contributed by atoms with Crippen LogP contribution in [0, 0.1) is 0 Å². The number of pyridine rings is 1. The number of hydrogen-bond donors (Lipinski definition) is 2. The molecule has 0 radical (unpaired) electrons. The third kappa shape index (κ3) is 1.83. The normalized spacial score (nSPS) is 10.7. The van der Waals surface area contributed by atoms with Gasteiger partial charge in [-0.25, -0.2) is 0 Å². The van der Waals surface area contributed by atoms with Crippen LogP contribution in [0.3, 0.4) is 0 Å². The highest BCUT2D eigenvalue weighted by atomic mass is 79.9. The van der Waals surface area contributed by atoms with Crippen molar-refractivity contribution >= 4 is 26.8 Å². The average molecular weight is 283 g/mol. The average Bonchev–Trinajstić information content (AvgIpc) is 2.28. The van der Waals surface area contributed by atoms with Gasteiger partial charge in [-0.15, -0.1) is 0 Å². The van der Waals surface area contributed by atoms with Crippen LogP contribution >= 0.6 is 15.9 Å². The molecule has 1 heterocycles. The Kier molecular flexibility index (Phi) is 2.98. The molecule has 0 aliphatic rings. The van der Waals surface area contributed by atoms with Gasteiger partial charge in [-0.3, -0.25) is 4.79 Å². The Morgan fingerprint density at radius 3 is 2.81 bits per heavy atom. The van der Waals surface area contributed by atoms with Gasteiger partial charge >= 0.3 is 0 Å². The Hall–Kier alpha value is -1.33. The summed E-state index contributed by atoms with van der Waals surface area (Å²) in [5, 5.41) is 0.895. The lowest BCUT2D eigenvalue weighted by Crippen LogP contribution is -2.15. The van der Waals surface area contributed by atoms with Gasteiger partial charge in [0, 0.05) is 22.0 Å². The predicted molar refractivity (Wildman–Crippen MR) is 66.7 cm³/mol. The second kappa shape index (κ2) is 4.27. The zero-order valence-electron chi connectivity index (χ0n) is 8.71. The van der Waals surface area contributed by atoms with E-state index in [0.717, 1.165) is 9.86 Å². The summed E-state index contributed by atoms with van der Waals surface area (Å²) in [5.41, 5.74) is 6.57. The molecule has 1 aromatic heterocycles. The second-order valence-electron chi connectivity index (χ2n) is 3.40. The summed E-state index contributed by atoms with van der Waals surface area (Å²) in [6.07, 6.45) is 0. The lowest BCUT2D eigenvalue weighted by molar-refractivity contribution is 0.418. The molecule has 0 fully saturated rings. The van der Waals surface area contributed by atoms with Crippen molar-refractivity contribution in [1.29, 1.82) is 0 Å². The number of methoxy groups -OCH3 is 1. The molecule has 0 bridgehead atoms. The molecule has 16 heavy (non-hydrogen) atoms. The molecule has 2 rings (SSSR count). The quantitative estimate of drug-likeness (QED) is 0.882. The van der Waals surface area contributed by atoms with Gasteiger partial charge < -0.3 is 15.5 Å². The van der Waals surface area contributed by atoms with Gasteiger partial charge in [0.05, 0.1) is 12.6 Å². The summed E-state index contributed by atoms with van der Waals surface area (Å²) in [6, 6.07) is 5.49. The maximum absolute atomic E-state index is 11.6. The number of benzene rings is 1. The number of ether oxygens (including phenoxy) is 1. The molecule has 5 heteroatoms. The molecule has 0 spiro atoms. The van der Waals surface area contributed by atoms with Gasteiger partial charge in [0.2, 0.25) is 0 Å². The van der Waals surface area contributed by atoms with Crippen LogP contribution in [0.2, 0.25) is 0 Å². The summed E-state index contributed by atoms with van der Waals surface area (Å²) in [5.74, 6) is 0.630. The van der Waals surface area contributed by atoms with E-state index in [9.17, 15) is 4.79 Å². The maximum Gasteiger partial charge on any atom is 0.253 e. The highest BCUT2D eigenvalue weighted by molar-refractivity contribution is 9.10. The van der Waals surface area contributed by atoms with Crippen LogP contribution in [0.4, 0.5) is 0 Å². The van der Waals surface area contributed by atoms with E-state index in [1.54, 1.807) is 19.2 Å². The smallest absolute Gasteiger partial charge is 0.253 e. The highest BCUT2D eigenvalue weighted by Gasteiger charge is 2.07. The van der Waals surface area contributed by atoms with Crippen LogP contribution in [0.5, 0.6) is 5.75 Å². The van der Waals surface area contributed by atoms with Crippen molar-refractivity contribution in [3.05, 3.63) is 38.6 Å². The Morgan fingerprint density at radius 1 is 1.44 bits per heavy atom. The summed E-state index contributed by atoms with van der Waals surface area (Å²) < 4.78 is 6.10. The summed E-state index contributed by atoms with van der Waals surface area (Å²) in [6.45, 7) is 0.222. The number of nitrogens with two attached hydrogens (primary N) is 1. The van der Waals surface area contributed by atoms with Gasteiger partial charge in [0.1, 0.15) is 5.75 Å². The van der Waals surface area contributed by atoms with E-state index in [1.165, 1.54) is 0 Å². The lowest BCUT2D eigenvalue weighted by atomic mass is 10.1. The minimum absolute atomic E-state index is 0.171. The zero-order chi connectivity index (χ0) is 11.7. The second-order valence-corrected chi connectivity index (χ2v) is 4.32. The van der Waals surface area contributed by atoms with E-state index in [-0.39, 0.29) is 12.1 Å². The van der Waals surface area contributed by atoms with Crippen molar-refractivity contribution < 1.29 is 4.74 Å². The van der Waals surface area contributed by atoms with Crippen molar-refractivity contribution in [2.24, 2.45) is 5.73 Å². The molecular weight excluding hydrogens is 272 g/mol. The first-order chi connectivity index (χ1) is 7.65. The molecule has 4 nitrogen and oxygen atoms in total. The fourth-order valence-corrected chi connectivity index (χ4v) is 2.06. The number of aromatic nitrogens is 1. The lowest BCUT2D eigenvalue weighted by Gasteiger charge is -2.07. The fraction of sp³-hybridized carbons (Fsp3) is 0.182. The van der Waals surface area contributed by atoms with E-state index < -0.39 is 0 Å². The Morgan fingerprint density at radius 2 is 2.19 bits per heavy atom. The molecule has 2 aromatic rings. The Bertz CT molecular complexity index is 592. The largest absolute Gasteiger partial charge is 0.495 e. The molecule has 0 saturated heterocycles. The third-order valence-electron chi connectivity index (χ3n) is 2.40. The Balaban J connectivity index is 2.84. The van der Waals surface area contributed by atoms with Gasteiger partial charge in [0.15, 0.2) is 0 Å². The fourth-order valence-electron chi connectivity index (χ4n) is 1.61. The zero-order valence-corrected chi connectivity index (χ0v) is 10.3. The van der Waals surface area contributed by atoms with Crippen molar-refractivity contribution in [2.45, 2.75) is 6.54 Å².